The van der Waals surface area contributed by atoms with E-state index in [4.69, 9.17) is 0 Å². The predicted molar refractivity (Wildman–Crippen MR) is 99.2 cm³/mol. The minimum Gasteiger partial charge on any atom is -0.468 e. The summed E-state index contributed by atoms with van der Waals surface area (Å²) in [6.45, 7) is -0.995. The molecule has 146 valence electrons. The standard InChI is InChI=1S/C18H14BrF3N4O2/c19-14-3-1-2-12(8-14)10-26-15(6-7-24-26)25-17(27)13-4-5-16(23-9-13)28-11-18(20,21)22/h1-9H,10-11H2,(H,25,27). The van der Waals surface area contributed by atoms with E-state index >= 15 is 0 Å². The van der Waals surface area contributed by atoms with Gasteiger partial charge in [-0.25, -0.2) is 9.67 Å². The van der Waals surface area contributed by atoms with E-state index in [1.54, 1.807) is 16.9 Å². The summed E-state index contributed by atoms with van der Waals surface area (Å²) in [5.74, 6) is -0.207. The second kappa shape index (κ2) is 8.42. The van der Waals surface area contributed by atoms with E-state index in [9.17, 15) is 18.0 Å². The molecule has 1 amide bonds. The molecule has 0 bridgehead atoms. The number of benzene rings is 1. The van der Waals surface area contributed by atoms with Gasteiger partial charge < -0.3 is 10.1 Å². The number of carbonyl (C=O) groups excluding carboxylic acids is 1. The number of halogens is 4. The van der Waals surface area contributed by atoms with Crippen molar-refractivity contribution in [1.82, 2.24) is 14.8 Å². The summed E-state index contributed by atoms with van der Waals surface area (Å²) in [6, 6.07) is 11.9. The first-order valence-corrected chi connectivity index (χ1v) is 8.83. The van der Waals surface area contributed by atoms with Crippen LogP contribution in [0.25, 0.3) is 0 Å². The van der Waals surface area contributed by atoms with Crippen LogP contribution in [0.15, 0.2) is 59.3 Å². The minimum absolute atomic E-state index is 0.176. The van der Waals surface area contributed by atoms with Crippen molar-refractivity contribution in [3.63, 3.8) is 0 Å². The van der Waals surface area contributed by atoms with Gasteiger partial charge in [-0.1, -0.05) is 28.1 Å². The van der Waals surface area contributed by atoms with Crippen LogP contribution < -0.4 is 10.1 Å². The Kier molecular flexibility index (Phi) is 5.98. The minimum atomic E-state index is -4.45. The van der Waals surface area contributed by atoms with Crippen molar-refractivity contribution >= 4 is 27.7 Å². The van der Waals surface area contributed by atoms with Crippen LogP contribution in [-0.2, 0) is 6.54 Å². The number of anilines is 1. The highest BCUT2D eigenvalue weighted by molar-refractivity contribution is 9.10. The van der Waals surface area contributed by atoms with E-state index in [0.29, 0.717) is 12.4 Å². The van der Waals surface area contributed by atoms with Crippen molar-refractivity contribution in [1.29, 1.82) is 0 Å². The number of ether oxygens (including phenoxy) is 1. The fraction of sp³-hybridized carbons (Fsp3) is 0.167. The van der Waals surface area contributed by atoms with Gasteiger partial charge in [0.25, 0.3) is 5.91 Å². The molecular weight excluding hydrogens is 441 g/mol. The zero-order valence-electron chi connectivity index (χ0n) is 14.3. The van der Waals surface area contributed by atoms with Gasteiger partial charge in [0, 0.05) is 22.8 Å². The molecular formula is C18H14BrF3N4O2. The molecule has 0 aliphatic heterocycles. The van der Waals surface area contributed by atoms with E-state index in [2.05, 4.69) is 36.1 Å². The normalized spacial score (nSPS) is 11.3. The maximum atomic E-state index is 12.4. The zero-order chi connectivity index (χ0) is 20.1. The lowest BCUT2D eigenvalue weighted by Crippen LogP contribution is -2.20. The molecule has 28 heavy (non-hydrogen) atoms. The van der Waals surface area contributed by atoms with E-state index in [1.165, 1.54) is 12.1 Å². The molecule has 0 fully saturated rings. The molecule has 1 aromatic carbocycles. The Morgan fingerprint density at radius 2 is 2.04 bits per heavy atom. The number of pyridine rings is 1. The van der Waals surface area contributed by atoms with Gasteiger partial charge in [-0.3, -0.25) is 4.79 Å². The van der Waals surface area contributed by atoms with Crippen molar-refractivity contribution < 1.29 is 22.7 Å². The SMILES string of the molecule is O=C(Nc1ccnn1Cc1cccc(Br)c1)c1ccc(OCC(F)(F)F)nc1. The van der Waals surface area contributed by atoms with Gasteiger partial charge in [-0.15, -0.1) is 0 Å². The topological polar surface area (TPSA) is 69.0 Å². The van der Waals surface area contributed by atoms with Crippen LogP contribution in [0.2, 0.25) is 0 Å². The zero-order valence-corrected chi connectivity index (χ0v) is 15.9. The number of rotatable bonds is 6. The Balaban J connectivity index is 1.64. The largest absolute Gasteiger partial charge is 0.468 e. The quantitative estimate of drug-likeness (QED) is 0.603. The molecule has 3 aromatic rings. The smallest absolute Gasteiger partial charge is 0.422 e. The number of nitrogens with one attached hydrogen (secondary N) is 1. The van der Waals surface area contributed by atoms with Gasteiger partial charge in [-0.05, 0) is 23.8 Å². The van der Waals surface area contributed by atoms with Crippen LogP contribution in [-0.4, -0.2) is 33.5 Å². The lowest BCUT2D eigenvalue weighted by molar-refractivity contribution is -0.154. The summed E-state index contributed by atoms with van der Waals surface area (Å²) in [4.78, 5) is 16.1. The molecule has 2 heterocycles. The highest BCUT2D eigenvalue weighted by atomic mass is 79.9. The Morgan fingerprint density at radius 1 is 1.21 bits per heavy atom. The van der Waals surface area contributed by atoms with E-state index < -0.39 is 18.7 Å². The van der Waals surface area contributed by atoms with Crippen molar-refractivity contribution in [3.8, 4) is 5.88 Å². The van der Waals surface area contributed by atoms with Crippen LogP contribution in [0.1, 0.15) is 15.9 Å². The Bertz CT molecular complexity index is 958. The van der Waals surface area contributed by atoms with Crippen LogP contribution in [0.3, 0.4) is 0 Å². The number of amides is 1. The van der Waals surface area contributed by atoms with Crippen molar-refractivity contribution in [2.75, 3.05) is 11.9 Å². The first-order chi connectivity index (χ1) is 13.3. The average Bonchev–Trinajstić information content (AvgIpc) is 3.06. The predicted octanol–water partition coefficient (Wildman–Crippen LogP) is 4.28. The Labute approximate surface area is 166 Å². The van der Waals surface area contributed by atoms with Gasteiger partial charge in [0.05, 0.1) is 18.3 Å². The highest BCUT2D eigenvalue weighted by Gasteiger charge is 2.28. The molecule has 1 N–H and O–H groups in total. The maximum absolute atomic E-state index is 12.4. The fourth-order valence-corrected chi connectivity index (χ4v) is 2.76. The number of alkyl halides is 3. The molecule has 0 aliphatic carbocycles. The molecule has 2 aromatic heterocycles. The summed E-state index contributed by atoms with van der Waals surface area (Å²) >= 11 is 3.40. The molecule has 0 aliphatic rings. The third-order valence-electron chi connectivity index (χ3n) is 3.56. The maximum Gasteiger partial charge on any atom is 0.422 e. The summed E-state index contributed by atoms with van der Waals surface area (Å²) in [5, 5.41) is 6.90. The summed E-state index contributed by atoms with van der Waals surface area (Å²) in [7, 11) is 0. The lowest BCUT2D eigenvalue weighted by Gasteiger charge is -2.10. The first kappa shape index (κ1) is 19.9. The second-order valence-corrected chi connectivity index (χ2v) is 6.66. The number of aromatic nitrogens is 3. The van der Waals surface area contributed by atoms with Crippen LogP contribution in [0.5, 0.6) is 5.88 Å². The molecule has 6 nitrogen and oxygen atoms in total. The van der Waals surface area contributed by atoms with Gasteiger partial charge in [-0.2, -0.15) is 18.3 Å². The third kappa shape index (κ3) is 5.56. The molecule has 3 rings (SSSR count). The van der Waals surface area contributed by atoms with E-state index in [0.717, 1.165) is 16.2 Å². The number of nitrogens with zero attached hydrogens (tertiary/aromatic N) is 3. The number of hydrogen-bond acceptors (Lipinski definition) is 4. The van der Waals surface area contributed by atoms with Crippen LogP contribution in [0.4, 0.5) is 19.0 Å². The van der Waals surface area contributed by atoms with E-state index in [-0.39, 0.29) is 11.4 Å². The third-order valence-corrected chi connectivity index (χ3v) is 4.06. The molecule has 10 heteroatoms. The summed E-state index contributed by atoms with van der Waals surface area (Å²) in [6.07, 6.45) is -1.75. The van der Waals surface area contributed by atoms with Crippen LogP contribution in [0, 0.1) is 0 Å². The van der Waals surface area contributed by atoms with Crippen molar-refractivity contribution in [3.05, 3.63) is 70.5 Å². The fourth-order valence-electron chi connectivity index (χ4n) is 2.32. The monoisotopic (exact) mass is 454 g/mol. The van der Waals surface area contributed by atoms with Gasteiger partial charge >= 0.3 is 6.18 Å². The molecule has 0 spiro atoms. The Morgan fingerprint density at radius 3 is 2.71 bits per heavy atom. The molecule has 0 atom stereocenters. The first-order valence-electron chi connectivity index (χ1n) is 8.03. The molecule has 0 radical (unpaired) electrons. The highest BCUT2D eigenvalue weighted by Crippen LogP contribution is 2.18. The second-order valence-electron chi connectivity index (χ2n) is 5.75. The van der Waals surface area contributed by atoms with Crippen molar-refractivity contribution in [2.24, 2.45) is 0 Å². The summed E-state index contributed by atoms with van der Waals surface area (Å²) in [5.41, 5.74) is 1.16. The number of hydrogen-bond donors (Lipinski definition) is 1. The van der Waals surface area contributed by atoms with Gasteiger partial charge in [0.1, 0.15) is 5.82 Å². The van der Waals surface area contributed by atoms with Gasteiger partial charge in [0.2, 0.25) is 5.88 Å². The summed E-state index contributed by atoms with van der Waals surface area (Å²) < 4.78 is 43.5. The van der Waals surface area contributed by atoms with Crippen LogP contribution >= 0.6 is 15.9 Å². The molecule has 0 saturated carbocycles. The van der Waals surface area contributed by atoms with Gasteiger partial charge in [0.15, 0.2) is 6.61 Å². The lowest BCUT2D eigenvalue weighted by atomic mass is 10.2. The Hall–Kier alpha value is -2.88. The number of carbonyl (C=O) groups is 1. The average molecular weight is 455 g/mol. The van der Waals surface area contributed by atoms with Crippen molar-refractivity contribution in [2.45, 2.75) is 12.7 Å². The molecule has 0 unspecified atom stereocenters. The van der Waals surface area contributed by atoms with E-state index in [1.807, 2.05) is 24.3 Å². The molecule has 0 saturated heterocycles.